The van der Waals surface area contributed by atoms with E-state index < -0.39 is 0 Å². The molecule has 0 aliphatic rings. The van der Waals surface area contributed by atoms with Gasteiger partial charge in [-0.1, -0.05) is 35.9 Å². The molecule has 3 aromatic rings. The van der Waals surface area contributed by atoms with Gasteiger partial charge in [0.1, 0.15) is 5.75 Å². The van der Waals surface area contributed by atoms with Crippen molar-refractivity contribution in [2.45, 2.75) is 32.2 Å². The molecule has 3 rings (SSSR count). The number of nitrogens with zero attached hydrogens (tertiary/aromatic N) is 1. The van der Waals surface area contributed by atoms with Crippen molar-refractivity contribution in [3.8, 4) is 5.75 Å². The van der Waals surface area contributed by atoms with Gasteiger partial charge in [0.25, 0.3) is 0 Å². The van der Waals surface area contributed by atoms with Crippen LogP contribution in [0.5, 0.6) is 5.75 Å². The molecule has 124 valence electrons. The predicted octanol–water partition coefficient (Wildman–Crippen LogP) is 5.72. The smallest absolute Gasteiger partial charge is 0.119 e. The molecule has 0 unspecified atom stereocenters. The predicted molar refractivity (Wildman–Crippen MR) is 103 cm³/mol. The third-order valence-electron chi connectivity index (χ3n) is 4.05. The second-order valence-corrected chi connectivity index (χ2v) is 7.23. The van der Waals surface area contributed by atoms with Crippen LogP contribution in [0.3, 0.4) is 0 Å². The lowest BCUT2D eigenvalue weighted by Gasteiger charge is -2.09. The van der Waals surface area contributed by atoms with E-state index >= 15 is 0 Å². The van der Waals surface area contributed by atoms with E-state index in [4.69, 9.17) is 9.72 Å². The second kappa shape index (κ2) is 7.71. The average molecular weight is 337 g/mol. The molecule has 0 radical (unpaired) electrons. The molecule has 1 aromatic heterocycles. The zero-order valence-electron chi connectivity index (χ0n) is 14.5. The minimum atomic E-state index is 0.738. The molecule has 0 N–H and O–H groups in total. The van der Waals surface area contributed by atoms with Crippen LogP contribution >= 0.6 is 11.8 Å². The van der Waals surface area contributed by atoms with E-state index in [1.54, 1.807) is 11.8 Å². The molecule has 0 aliphatic heterocycles. The summed E-state index contributed by atoms with van der Waals surface area (Å²) in [6, 6.07) is 16.8. The Morgan fingerprint density at radius 2 is 1.75 bits per heavy atom. The molecule has 0 aliphatic carbocycles. The Bertz CT molecular complexity index is 827. The SMILES string of the molecule is Cc1ccc(OCCCSc2cc(C)c3cccc(C)c3n2)cc1. The van der Waals surface area contributed by atoms with E-state index in [1.165, 1.54) is 22.1 Å². The van der Waals surface area contributed by atoms with Crippen molar-refractivity contribution in [2.24, 2.45) is 0 Å². The molecule has 0 fully saturated rings. The van der Waals surface area contributed by atoms with Gasteiger partial charge in [-0.25, -0.2) is 4.98 Å². The molecule has 0 saturated carbocycles. The normalized spacial score (nSPS) is 11.0. The van der Waals surface area contributed by atoms with Crippen LogP contribution in [0.2, 0.25) is 0 Å². The van der Waals surface area contributed by atoms with Gasteiger partial charge in [-0.2, -0.15) is 0 Å². The fourth-order valence-electron chi connectivity index (χ4n) is 2.67. The Labute approximate surface area is 148 Å². The van der Waals surface area contributed by atoms with Crippen LogP contribution in [-0.4, -0.2) is 17.3 Å². The second-order valence-electron chi connectivity index (χ2n) is 6.11. The van der Waals surface area contributed by atoms with Crippen molar-refractivity contribution < 1.29 is 4.74 Å². The minimum absolute atomic E-state index is 0.738. The first-order chi connectivity index (χ1) is 11.6. The molecule has 0 spiro atoms. The maximum absolute atomic E-state index is 5.78. The third-order valence-corrected chi connectivity index (χ3v) is 5.05. The summed E-state index contributed by atoms with van der Waals surface area (Å²) in [4.78, 5) is 4.82. The lowest BCUT2D eigenvalue weighted by Crippen LogP contribution is -1.99. The molecular formula is C21H23NOS. The summed E-state index contributed by atoms with van der Waals surface area (Å²) in [6.45, 7) is 7.11. The van der Waals surface area contributed by atoms with Crippen molar-refractivity contribution in [1.82, 2.24) is 4.98 Å². The Kier molecular flexibility index (Phi) is 5.41. The van der Waals surface area contributed by atoms with Crippen LogP contribution < -0.4 is 4.74 Å². The lowest BCUT2D eigenvalue weighted by molar-refractivity contribution is 0.318. The van der Waals surface area contributed by atoms with Crippen LogP contribution in [0.4, 0.5) is 0 Å². The number of pyridine rings is 1. The van der Waals surface area contributed by atoms with E-state index in [-0.39, 0.29) is 0 Å². The number of ether oxygens (including phenoxy) is 1. The van der Waals surface area contributed by atoms with Crippen LogP contribution in [-0.2, 0) is 0 Å². The number of hydrogen-bond donors (Lipinski definition) is 0. The summed E-state index contributed by atoms with van der Waals surface area (Å²) in [5, 5.41) is 2.35. The van der Waals surface area contributed by atoms with E-state index in [2.05, 4.69) is 57.2 Å². The highest BCUT2D eigenvalue weighted by Gasteiger charge is 2.05. The number of thioether (sulfide) groups is 1. The van der Waals surface area contributed by atoms with Crippen LogP contribution in [0.15, 0.2) is 53.6 Å². The summed E-state index contributed by atoms with van der Waals surface area (Å²) in [7, 11) is 0. The molecule has 2 aromatic carbocycles. The van der Waals surface area contributed by atoms with Gasteiger partial charge >= 0.3 is 0 Å². The first kappa shape index (κ1) is 16.8. The highest BCUT2D eigenvalue weighted by molar-refractivity contribution is 7.99. The van der Waals surface area contributed by atoms with Crippen LogP contribution in [0, 0.1) is 20.8 Å². The van der Waals surface area contributed by atoms with Gasteiger partial charge in [0.2, 0.25) is 0 Å². The maximum atomic E-state index is 5.78. The maximum Gasteiger partial charge on any atom is 0.119 e. The largest absolute Gasteiger partial charge is 0.494 e. The first-order valence-corrected chi connectivity index (χ1v) is 9.31. The van der Waals surface area contributed by atoms with Gasteiger partial charge in [0.05, 0.1) is 17.1 Å². The van der Waals surface area contributed by atoms with Crippen LogP contribution in [0.25, 0.3) is 10.9 Å². The fourth-order valence-corrected chi connectivity index (χ4v) is 3.55. The summed E-state index contributed by atoms with van der Waals surface area (Å²) >= 11 is 1.80. The monoisotopic (exact) mass is 337 g/mol. The van der Waals surface area contributed by atoms with Gasteiger partial charge in [-0.3, -0.25) is 0 Å². The fraction of sp³-hybridized carbons (Fsp3) is 0.286. The topological polar surface area (TPSA) is 22.1 Å². The van der Waals surface area contributed by atoms with Crippen molar-refractivity contribution in [3.05, 3.63) is 65.2 Å². The highest BCUT2D eigenvalue weighted by Crippen LogP contribution is 2.26. The summed E-state index contributed by atoms with van der Waals surface area (Å²) in [5.41, 5.74) is 4.91. The van der Waals surface area contributed by atoms with E-state index in [1.807, 2.05) is 12.1 Å². The quantitative estimate of drug-likeness (QED) is 0.424. The molecule has 0 amide bonds. The summed E-state index contributed by atoms with van der Waals surface area (Å²) in [6.07, 6.45) is 1.01. The molecule has 0 bridgehead atoms. The van der Waals surface area contributed by atoms with Gasteiger partial charge in [-0.05, 0) is 56.5 Å². The van der Waals surface area contributed by atoms with Gasteiger partial charge in [0.15, 0.2) is 0 Å². The first-order valence-electron chi connectivity index (χ1n) is 8.33. The number of fused-ring (bicyclic) bond motifs is 1. The van der Waals surface area contributed by atoms with E-state index in [0.29, 0.717) is 0 Å². The Balaban J connectivity index is 1.54. The number of benzene rings is 2. The Morgan fingerprint density at radius 3 is 2.54 bits per heavy atom. The minimum Gasteiger partial charge on any atom is -0.494 e. The Hall–Kier alpha value is -2.00. The lowest BCUT2D eigenvalue weighted by atomic mass is 10.1. The number of hydrogen-bond acceptors (Lipinski definition) is 3. The summed E-state index contributed by atoms with van der Waals surface area (Å²) in [5.74, 6) is 1.95. The van der Waals surface area contributed by atoms with E-state index in [9.17, 15) is 0 Å². The molecule has 0 atom stereocenters. The van der Waals surface area contributed by atoms with Crippen LogP contribution in [0.1, 0.15) is 23.1 Å². The van der Waals surface area contributed by atoms with Crippen molar-refractivity contribution >= 4 is 22.7 Å². The van der Waals surface area contributed by atoms with E-state index in [0.717, 1.165) is 35.1 Å². The molecule has 24 heavy (non-hydrogen) atoms. The number of aryl methyl sites for hydroxylation is 3. The zero-order chi connectivity index (χ0) is 16.9. The standard InChI is InChI=1S/C21H23NOS/c1-15-8-10-18(11-9-15)23-12-5-13-24-20-14-17(3)19-7-4-6-16(2)21(19)22-20/h4,6-11,14H,5,12-13H2,1-3H3. The van der Waals surface area contributed by atoms with Gasteiger partial charge in [0, 0.05) is 11.1 Å². The van der Waals surface area contributed by atoms with Crippen molar-refractivity contribution in [3.63, 3.8) is 0 Å². The average Bonchev–Trinajstić information content (AvgIpc) is 2.57. The van der Waals surface area contributed by atoms with Gasteiger partial charge in [-0.15, -0.1) is 11.8 Å². The molecule has 0 saturated heterocycles. The number of aromatic nitrogens is 1. The van der Waals surface area contributed by atoms with Crippen molar-refractivity contribution in [1.29, 1.82) is 0 Å². The van der Waals surface area contributed by atoms with Gasteiger partial charge < -0.3 is 4.74 Å². The zero-order valence-corrected chi connectivity index (χ0v) is 15.3. The molecule has 2 nitrogen and oxygen atoms in total. The van der Waals surface area contributed by atoms with Crippen molar-refractivity contribution in [2.75, 3.05) is 12.4 Å². The summed E-state index contributed by atoms with van der Waals surface area (Å²) < 4.78 is 5.78. The Morgan fingerprint density at radius 1 is 0.958 bits per heavy atom. The highest BCUT2D eigenvalue weighted by atomic mass is 32.2. The molecule has 3 heteroatoms. The third kappa shape index (κ3) is 4.09. The molecular weight excluding hydrogens is 314 g/mol. The number of para-hydroxylation sites is 1. The molecule has 1 heterocycles. The number of rotatable bonds is 6.